The lowest BCUT2D eigenvalue weighted by atomic mass is 9.98. The Balaban J connectivity index is 1.54. The molecule has 1 fully saturated rings. The lowest BCUT2D eigenvalue weighted by Crippen LogP contribution is -2.34. The predicted octanol–water partition coefficient (Wildman–Crippen LogP) is 3.95. The molecule has 162 valence electrons. The first kappa shape index (κ1) is 19.8. The van der Waals surface area contributed by atoms with Crippen LogP contribution in [0.4, 0.5) is 0 Å². The molecule has 0 radical (unpaired) electrons. The fourth-order valence-corrected chi connectivity index (χ4v) is 4.26. The van der Waals surface area contributed by atoms with Crippen LogP contribution in [0.5, 0.6) is 28.7 Å². The lowest BCUT2D eigenvalue weighted by molar-refractivity contribution is 0.0867. The van der Waals surface area contributed by atoms with E-state index in [1.54, 1.807) is 39.5 Å². The molecule has 0 aromatic heterocycles. The number of carbonyl (C=O) groups is 1. The summed E-state index contributed by atoms with van der Waals surface area (Å²) in [7, 11) is 4.67. The van der Waals surface area contributed by atoms with Crippen LogP contribution in [0.3, 0.4) is 0 Å². The van der Waals surface area contributed by atoms with E-state index in [1.165, 1.54) is 12.8 Å². The fourth-order valence-electron chi connectivity index (χ4n) is 4.26. The number of allylic oxidation sites excluding steroid dienone is 1. The third-order valence-corrected chi connectivity index (χ3v) is 6.00. The van der Waals surface area contributed by atoms with Crippen molar-refractivity contribution >= 4 is 11.9 Å². The van der Waals surface area contributed by atoms with Crippen molar-refractivity contribution in [2.45, 2.75) is 32.4 Å². The molecule has 2 aromatic carbocycles. The van der Waals surface area contributed by atoms with Crippen molar-refractivity contribution in [3.8, 4) is 28.7 Å². The van der Waals surface area contributed by atoms with E-state index in [0.29, 0.717) is 46.9 Å². The Hall–Kier alpha value is -3.19. The number of hydrogen-bond acceptors (Lipinski definition) is 7. The van der Waals surface area contributed by atoms with Crippen LogP contribution in [-0.4, -0.2) is 44.8 Å². The largest absolute Gasteiger partial charge is 0.493 e. The zero-order valence-corrected chi connectivity index (χ0v) is 18.1. The molecule has 0 saturated heterocycles. The van der Waals surface area contributed by atoms with E-state index in [4.69, 9.17) is 23.7 Å². The van der Waals surface area contributed by atoms with Crippen LogP contribution in [0.1, 0.15) is 39.9 Å². The van der Waals surface area contributed by atoms with E-state index in [1.807, 2.05) is 13.0 Å². The second-order valence-corrected chi connectivity index (χ2v) is 8.02. The van der Waals surface area contributed by atoms with Crippen molar-refractivity contribution in [2.24, 2.45) is 0 Å². The van der Waals surface area contributed by atoms with Crippen molar-refractivity contribution in [3.05, 3.63) is 46.2 Å². The summed E-state index contributed by atoms with van der Waals surface area (Å²) in [6, 6.07) is 6.08. The maximum Gasteiger partial charge on any atom is 0.232 e. The van der Waals surface area contributed by atoms with Gasteiger partial charge >= 0.3 is 0 Å². The molecule has 0 spiro atoms. The van der Waals surface area contributed by atoms with Gasteiger partial charge in [-0.15, -0.1) is 0 Å². The monoisotopic (exact) mass is 423 g/mol. The highest BCUT2D eigenvalue weighted by Gasteiger charge is 2.38. The van der Waals surface area contributed by atoms with Gasteiger partial charge in [0, 0.05) is 12.6 Å². The highest BCUT2D eigenvalue weighted by molar-refractivity contribution is 6.16. The average molecular weight is 423 g/mol. The molecule has 0 bridgehead atoms. The van der Waals surface area contributed by atoms with Crippen molar-refractivity contribution in [3.63, 3.8) is 0 Å². The number of nitrogens with zero attached hydrogens (tertiary/aromatic N) is 1. The summed E-state index contributed by atoms with van der Waals surface area (Å²) in [6.45, 7) is 3.23. The number of fused-ring (bicyclic) bond motifs is 3. The lowest BCUT2D eigenvalue weighted by Gasteiger charge is -2.30. The second kappa shape index (κ2) is 7.50. The van der Waals surface area contributed by atoms with Crippen molar-refractivity contribution in [2.75, 3.05) is 28.1 Å². The molecule has 2 aliphatic heterocycles. The number of methoxy groups -OCH3 is 3. The topological polar surface area (TPSA) is 66.5 Å². The summed E-state index contributed by atoms with van der Waals surface area (Å²) in [5.41, 5.74) is 3.12. The van der Waals surface area contributed by atoms with Crippen LogP contribution in [0.25, 0.3) is 6.08 Å². The molecule has 0 unspecified atom stereocenters. The standard InChI is InChI=1S/C24H25NO6/c1-13-7-17-16(11-25(12-30-17)15-5-6-15)23-21(13)22(26)18(31-23)8-14-9-19(27-2)24(29-4)20(10-14)28-3/h7-10,15H,5-6,11-12H2,1-4H3/b18-8-. The molecule has 0 amide bonds. The van der Waals surface area contributed by atoms with E-state index in [-0.39, 0.29) is 11.5 Å². The molecule has 2 aromatic rings. The molecule has 3 aliphatic rings. The summed E-state index contributed by atoms with van der Waals surface area (Å²) in [4.78, 5) is 15.5. The van der Waals surface area contributed by atoms with Crippen LogP contribution >= 0.6 is 0 Å². The molecule has 0 N–H and O–H groups in total. The molecule has 31 heavy (non-hydrogen) atoms. The van der Waals surface area contributed by atoms with Crippen LogP contribution in [-0.2, 0) is 6.54 Å². The Labute approximate surface area is 181 Å². The van der Waals surface area contributed by atoms with E-state index in [2.05, 4.69) is 4.90 Å². The van der Waals surface area contributed by atoms with Gasteiger partial charge in [0.05, 0.1) is 32.5 Å². The smallest absolute Gasteiger partial charge is 0.232 e. The van der Waals surface area contributed by atoms with Gasteiger partial charge in [0.25, 0.3) is 0 Å². The predicted molar refractivity (Wildman–Crippen MR) is 114 cm³/mol. The number of rotatable bonds is 5. The minimum atomic E-state index is -0.132. The van der Waals surface area contributed by atoms with Crippen LogP contribution in [0.2, 0.25) is 0 Å². The Morgan fingerprint density at radius 3 is 2.39 bits per heavy atom. The Morgan fingerprint density at radius 2 is 1.77 bits per heavy atom. The first-order chi connectivity index (χ1) is 15.0. The first-order valence-electron chi connectivity index (χ1n) is 10.3. The average Bonchev–Trinajstić information content (AvgIpc) is 3.57. The van der Waals surface area contributed by atoms with Crippen molar-refractivity contribution in [1.29, 1.82) is 0 Å². The quantitative estimate of drug-likeness (QED) is 0.675. The van der Waals surface area contributed by atoms with Crippen molar-refractivity contribution < 1.29 is 28.5 Å². The Morgan fingerprint density at radius 1 is 1.06 bits per heavy atom. The maximum absolute atomic E-state index is 13.2. The molecule has 2 heterocycles. The number of Topliss-reactive ketones (excluding diaryl/α,β-unsaturated/α-hetero) is 1. The highest BCUT2D eigenvalue weighted by Crippen LogP contribution is 2.46. The van der Waals surface area contributed by atoms with Gasteiger partial charge in [-0.3, -0.25) is 9.69 Å². The van der Waals surface area contributed by atoms with E-state index < -0.39 is 0 Å². The van der Waals surface area contributed by atoms with E-state index in [0.717, 1.165) is 23.4 Å². The molecule has 7 nitrogen and oxygen atoms in total. The third kappa shape index (κ3) is 3.29. The summed E-state index contributed by atoms with van der Waals surface area (Å²) < 4.78 is 28.4. The first-order valence-corrected chi connectivity index (χ1v) is 10.3. The second-order valence-electron chi connectivity index (χ2n) is 8.02. The van der Waals surface area contributed by atoms with Gasteiger partial charge in [-0.2, -0.15) is 0 Å². The van der Waals surface area contributed by atoms with Gasteiger partial charge < -0.3 is 23.7 Å². The van der Waals surface area contributed by atoms with Gasteiger partial charge in [-0.25, -0.2) is 0 Å². The number of carbonyl (C=O) groups excluding carboxylic acids is 1. The van der Waals surface area contributed by atoms with Crippen LogP contribution < -0.4 is 23.7 Å². The van der Waals surface area contributed by atoms with Crippen LogP contribution in [0.15, 0.2) is 24.0 Å². The van der Waals surface area contributed by atoms with Gasteiger partial charge in [0.1, 0.15) is 18.2 Å². The minimum Gasteiger partial charge on any atom is -0.493 e. The number of ketones is 1. The summed E-state index contributed by atoms with van der Waals surface area (Å²) in [5.74, 6) is 3.07. The minimum absolute atomic E-state index is 0.132. The fraction of sp³-hybridized carbons (Fsp3) is 0.375. The number of ether oxygens (including phenoxy) is 5. The maximum atomic E-state index is 13.2. The zero-order chi connectivity index (χ0) is 21.7. The van der Waals surface area contributed by atoms with Gasteiger partial charge in [-0.05, 0) is 55.2 Å². The van der Waals surface area contributed by atoms with Crippen molar-refractivity contribution in [1.82, 2.24) is 4.90 Å². The number of benzene rings is 2. The Kier molecular flexibility index (Phi) is 4.78. The third-order valence-electron chi connectivity index (χ3n) is 6.00. The molecule has 1 saturated carbocycles. The molecule has 0 atom stereocenters. The summed E-state index contributed by atoms with van der Waals surface area (Å²) >= 11 is 0. The number of aryl methyl sites for hydroxylation is 1. The normalized spacial score (nSPS) is 18.8. The van der Waals surface area contributed by atoms with Gasteiger partial charge in [-0.1, -0.05) is 0 Å². The Bertz CT molecular complexity index is 1080. The van der Waals surface area contributed by atoms with E-state index >= 15 is 0 Å². The molecular formula is C24H25NO6. The van der Waals surface area contributed by atoms with Gasteiger partial charge in [0.2, 0.25) is 11.5 Å². The number of hydrogen-bond donors (Lipinski definition) is 0. The summed E-state index contributed by atoms with van der Waals surface area (Å²) in [5, 5.41) is 0. The molecule has 7 heteroatoms. The SMILES string of the molecule is COc1cc(/C=C2\Oc3c4c(cc(C)c3C2=O)OCN(C2CC2)C4)cc(OC)c1OC. The molecule has 5 rings (SSSR count). The molecular weight excluding hydrogens is 398 g/mol. The molecule has 1 aliphatic carbocycles. The highest BCUT2D eigenvalue weighted by atomic mass is 16.5. The van der Waals surface area contributed by atoms with E-state index in [9.17, 15) is 4.79 Å². The van der Waals surface area contributed by atoms with Gasteiger partial charge in [0.15, 0.2) is 17.3 Å². The van der Waals surface area contributed by atoms with Crippen LogP contribution in [0, 0.1) is 6.92 Å². The summed E-state index contributed by atoms with van der Waals surface area (Å²) in [6.07, 6.45) is 4.10. The zero-order valence-electron chi connectivity index (χ0n) is 18.1.